The molecule has 3 heterocycles. The quantitative estimate of drug-likeness (QED) is 0.544. The van der Waals surface area contributed by atoms with Gasteiger partial charge in [0.15, 0.2) is 5.13 Å². The fourth-order valence-electron chi connectivity index (χ4n) is 3.79. The van der Waals surface area contributed by atoms with Crippen LogP contribution in [-0.2, 0) is 6.42 Å². The molecule has 0 spiro atoms. The first kappa shape index (κ1) is 20.9. The molecule has 4 rings (SSSR count). The highest BCUT2D eigenvalue weighted by molar-refractivity contribution is 7.17. The van der Waals surface area contributed by atoms with Crippen molar-refractivity contribution in [3.8, 4) is 0 Å². The summed E-state index contributed by atoms with van der Waals surface area (Å²) in [4.78, 5) is 24.9. The fourth-order valence-corrected chi connectivity index (χ4v) is 4.99. The number of aromatic nitrogens is 2. The second-order valence-electron chi connectivity index (χ2n) is 7.45. The van der Waals surface area contributed by atoms with Crippen molar-refractivity contribution in [2.24, 2.45) is 0 Å². The van der Waals surface area contributed by atoms with Gasteiger partial charge in [-0.25, -0.2) is 9.97 Å². The van der Waals surface area contributed by atoms with E-state index in [1.807, 2.05) is 43.0 Å². The van der Waals surface area contributed by atoms with Crippen molar-refractivity contribution in [3.05, 3.63) is 63.3 Å². The van der Waals surface area contributed by atoms with Crippen LogP contribution >= 0.6 is 22.9 Å². The summed E-state index contributed by atoms with van der Waals surface area (Å²) in [5.74, 6) is 1.39. The number of halogens is 1. The number of hydrogen-bond donors (Lipinski definition) is 1. The van der Waals surface area contributed by atoms with Gasteiger partial charge in [0.1, 0.15) is 16.7 Å². The zero-order chi connectivity index (χ0) is 21.1. The number of oxazole rings is 1. The summed E-state index contributed by atoms with van der Waals surface area (Å²) >= 11 is 7.50. The molecular weight excluding hydrogens is 420 g/mol. The summed E-state index contributed by atoms with van der Waals surface area (Å²) in [6, 6.07) is 7.57. The predicted molar refractivity (Wildman–Crippen MR) is 119 cm³/mol. The Labute approximate surface area is 185 Å². The van der Waals surface area contributed by atoms with Gasteiger partial charge in [0.2, 0.25) is 5.89 Å². The lowest BCUT2D eigenvalue weighted by Crippen LogP contribution is -2.38. The number of carbonyl (C=O) groups is 1. The van der Waals surface area contributed by atoms with Gasteiger partial charge in [0, 0.05) is 24.5 Å². The van der Waals surface area contributed by atoms with Crippen LogP contribution < -0.4 is 5.32 Å². The Morgan fingerprint density at radius 3 is 3.07 bits per heavy atom. The molecule has 1 saturated heterocycles. The summed E-state index contributed by atoms with van der Waals surface area (Å²) in [6.45, 7) is 5.38. The van der Waals surface area contributed by atoms with Gasteiger partial charge in [0.25, 0.3) is 5.91 Å². The fraction of sp³-hybridized carbons (Fsp3) is 0.409. The van der Waals surface area contributed by atoms with Gasteiger partial charge >= 0.3 is 0 Å². The van der Waals surface area contributed by atoms with Gasteiger partial charge in [-0.1, -0.05) is 35.1 Å². The van der Waals surface area contributed by atoms with E-state index in [0.29, 0.717) is 28.8 Å². The minimum absolute atomic E-state index is 0.00782. The van der Waals surface area contributed by atoms with Crippen LogP contribution in [0.25, 0.3) is 0 Å². The Balaban J connectivity index is 1.54. The number of hydrogen-bond acceptors (Lipinski definition) is 6. The average Bonchev–Trinajstić information content (AvgIpc) is 3.34. The summed E-state index contributed by atoms with van der Waals surface area (Å²) in [5, 5.41) is 4.68. The van der Waals surface area contributed by atoms with Gasteiger partial charge in [-0.3, -0.25) is 4.79 Å². The number of aryl methyl sites for hydroxylation is 1. The molecule has 0 bridgehead atoms. The SMILES string of the molecule is CCNc1nc(C)c(C(=O)N2CCCC[C@H]2c2ncc(Cc3cccc(Cl)c3)o2)s1. The molecule has 2 aromatic heterocycles. The Morgan fingerprint density at radius 1 is 1.40 bits per heavy atom. The van der Waals surface area contributed by atoms with Crippen LogP contribution in [0, 0.1) is 6.92 Å². The topological polar surface area (TPSA) is 71.3 Å². The number of rotatable bonds is 6. The van der Waals surface area contributed by atoms with E-state index in [1.165, 1.54) is 11.3 Å². The Kier molecular flexibility index (Phi) is 6.39. The molecule has 0 unspecified atom stereocenters. The zero-order valence-corrected chi connectivity index (χ0v) is 18.7. The van der Waals surface area contributed by atoms with Crippen molar-refractivity contribution < 1.29 is 9.21 Å². The van der Waals surface area contributed by atoms with E-state index in [4.69, 9.17) is 16.0 Å². The van der Waals surface area contributed by atoms with E-state index in [-0.39, 0.29) is 11.9 Å². The van der Waals surface area contributed by atoms with E-state index >= 15 is 0 Å². The first-order valence-corrected chi connectivity index (χ1v) is 11.5. The van der Waals surface area contributed by atoms with Gasteiger partial charge in [0.05, 0.1) is 11.9 Å². The number of piperidine rings is 1. The summed E-state index contributed by atoms with van der Waals surface area (Å²) in [7, 11) is 0. The third kappa shape index (κ3) is 4.52. The van der Waals surface area contributed by atoms with Crippen molar-refractivity contribution in [2.45, 2.75) is 45.6 Å². The minimum Gasteiger partial charge on any atom is -0.443 e. The van der Waals surface area contributed by atoms with Crippen LogP contribution in [0.5, 0.6) is 0 Å². The Bertz CT molecular complexity index is 1030. The molecule has 1 N–H and O–H groups in total. The lowest BCUT2D eigenvalue weighted by molar-refractivity contribution is 0.0574. The summed E-state index contributed by atoms with van der Waals surface area (Å²) in [6.07, 6.45) is 5.25. The van der Waals surface area contributed by atoms with Crippen LogP contribution in [0.15, 0.2) is 34.9 Å². The molecule has 8 heteroatoms. The number of nitrogens with zero attached hydrogens (tertiary/aromatic N) is 3. The molecule has 1 amide bonds. The molecule has 6 nitrogen and oxygen atoms in total. The molecule has 0 aliphatic carbocycles. The van der Waals surface area contributed by atoms with Crippen LogP contribution in [0.3, 0.4) is 0 Å². The Morgan fingerprint density at radius 2 is 2.27 bits per heavy atom. The lowest BCUT2D eigenvalue weighted by atomic mass is 10.0. The smallest absolute Gasteiger partial charge is 0.266 e. The largest absolute Gasteiger partial charge is 0.443 e. The van der Waals surface area contributed by atoms with Gasteiger partial charge < -0.3 is 14.6 Å². The number of nitrogens with one attached hydrogen (secondary N) is 1. The van der Waals surface area contributed by atoms with Crippen molar-refractivity contribution in [3.63, 3.8) is 0 Å². The van der Waals surface area contributed by atoms with Crippen LogP contribution in [0.2, 0.25) is 5.02 Å². The molecule has 158 valence electrons. The highest BCUT2D eigenvalue weighted by Gasteiger charge is 2.33. The van der Waals surface area contributed by atoms with E-state index in [1.54, 1.807) is 6.20 Å². The van der Waals surface area contributed by atoms with Crippen molar-refractivity contribution in [1.29, 1.82) is 0 Å². The highest BCUT2D eigenvalue weighted by atomic mass is 35.5. The van der Waals surface area contributed by atoms with Crippen molar-refractivity contribution in [2.75, 3.05) is 18.4 Å². The zero-order valence-electron chi connectivity index (χ0n) is 17.2. The third-order valence-electron chi connectivity index (χ3n) is 5.21. The predicted octanol–water partition coefficient (Wildman–Crippen LogP) is 5.48. The van der Waals surface area contributed by atoms with E-state index in [0.717, 1.165) is 48.0 Å². The normalized spacial score (nSPS) is 16.6. The maximum atomic E-state index is 13.3. The van der Waals surface area contributed by atoms with Crippen LogP contribution in [0.4, 0.5) is 5.13 Å². The lowest BCUT2D eigenvalue weighted by Gasteiger charge is -2.33. The van der Waals surface area contributed by atoms with E-state index in [2.05, 4.69) is 15.3 Å². The molecule has 1 atom stereocenters. The standard InChI is InChI=1S/C22H25ClN4O2S/c1-3-24-22-26-14(2)19(30-22)21(28)27-10-5-4-9-18(27)20-25-13-17(29-20)12-15-7-6-8-16(23)11-15/h6-8,11,13,18H,3-5,9-10,12H2,1-2H3,(H,24,26)/t18-/m0/s1. The van der Waals surface area contributed by atoms with Gasteiger partial charge in [-0.2, -0.15) is 0 Å². The molecule has 0 radical (unpaired) electrons. The van der Waals surface area contributed by atoms with Gasteiger partial charge in [-0.05, 0) is 50.8 Å². The average molecular weight is 445 g/mol. The van der Waals surface area contributed by atoms with Crippen LogP contribution in [-0.4, -0.2) is 33.9 Å². The number of amides is 1. The Hall–Kier alpha value is -2.38. The number of thiazole rings is 1. The van der Waals surface area contributed by atoms with Crippen LogP contribution in [0.1, 0.15) is 64.8 Å². The monoisotopic (exact) mass is 444 g/mol. The second-order valence-corrected chi connectivity index (χ2v) is 8.88. The first-order chi connectivity index (χ1) is 14.5. The summed E-state index contributed by atoms with van der Waals surface area (Å²) < 4.78 is 6.08. The number of carbonyl (C=O) groups excluding carboxylic acids is 1. The molecule has 3 aromatic rings. The maximum absolute atomic E-state index is 13.3. The molecule has 30 heavy (non-hydrogen) atoms. The highest BCUT2D eigenvalue weighted by Crippen LogP contribution is 2.34. The molecular formula is C22H25ClN4O2S. The number of anilines is 1. The molecule has 0 saturated carbocycles. The number of likely N-dealkylation sites (tertiary alicyclic amines) is 1. The molecule has 1 aliphatic heterocycles. The number of benzene rings is 1. The van der Waals surface area contributed by atoms with Gasteiger partial charge in [-0.15, -0.1) is 0 Å². The minimum atomic E-state index is -0.150. The van der Waals surface area contributed by atoms with E-state index in [9.17, 15) is 4.79 Å². The van der Waals surface area contributed by atoms with E-state index < -0.39 is 0 Å². The molecule has 1 fully saturated rings. The molecule has 1 aromatic carbocycles. The van der Waals surface area contributed by atoms with Crippen molar-refractivity contribution >= 4 is 34.0 Å². The third-order valence-corrected chi connectivity index (χ3v) is 6.54. The van der Waals surface area contributed by atoms with Crippen molar-refractivity contribution in [1.82, 2.24) is 14.9 Å². The second kappa shape index (κ2) is 9.18. The molecule has 1 aliphatic rings. The summed E-state index contributed by atoms with van der Waals surface area (Å²) in [5.41, 5.74) is 1.83. The maximum Gasteiger partial charge on any atom is 0.266 e. The first-order valence-electron chi connectivity index (χ1n) is 10.3.